The predicted octanol–water partition coefficient (Wildman–Crippen LogP) is 2.89. The van der Waals surface area contributed by atoms with E-state index in [0.717, 1.165) is 25.9 Å². The predicted molar refractivity (Wildman–Crippen MR) is 98.6 cm³/mol. The average molecular weight is 362 g/mol. The van der Waals surface area contributed by atoms with E-state index in [1.807, 2.05) is 32.2 Å². The van der Waals surface area contributed by atoms with E-state index >= 15 is 0 Å². The van der Waals surface area contributed by atoms with Crippen molar-refractivity contribution in [1.29, 1.82) is 5.26 Å². The zero-order valence-corrected chi connectivity index (χ0v) is 16.6. The van der Waals surface area contributed by atoms with Crippen molar-refractivity contribution in [3.8, 4) is 6.07 Å². The number of amides is 2. The van der Waals surface area contributed by atoms with E-state index in [1.54, 1.807) is 12.0 Å². The maximum atomic E-state index is 12.3. The third kappa shape index (κ3) is 5.20. The second kappa shape index (κ2) is 8.39. The Labute approximate surface area is 157 Å². The van der Waals surface area contributed by atoms with Gasteiger partial charge >= 0.3 is 0 Å². The summed E-state index contributed by atoms with van der Waals surface area (Å²) in [6, 6.07) is 2.40. The normalized spacial score (nSPS) is 21.8. The molecule has 0 aliphatic carbocycles. The van der Waals surface area contributed by atoms with Gasteiger partial charge in [-0.1, -0.05) is 0 Å². The van der Waals surface area contributed by atoms with Crippen LogP contribution in [0.25, 0.3) is 0 Å². The van der Waals surface area contributed by atoms with E-state index in [1.165, 1.54) is 0 Å². The number of nitriles is 1. The van der Waals surface area contributed by atoms with Crippen molar-refractivity contribution in [2.24, 2.45) is 5.41 Å². The van der Waals surface area contributed by atoms with E-state index in [0.29, 0.717) is 32.1 Å². The quantitative estimate of drug-likeness (QED) is 0.632. The molecule has 1 radical (unpaired) electrons. The van der Waals surface area contributed by atoms with Crippen LogP contribution in [-0.2, 0) is 14.3 Å². The molecule has 2 fully saturated rings. The molecule has 0 aromatic heterocycles. The second-order valence-corrected chi connectivity index (χ2v) is 8.47. The minimum absolute atomic E-state index is 0.0595. The van der Waals surface area contributed by atoms with Crippen molar-refractivity contribution in [2.75, 3.05) is 20.2 Å². The summed E-state index contributed by atoms with van der Waals surface area (Å²) in [5.74, 6) is 0.308. The lowest BCUT2D eigenvalue weighted by molar-refractivity contribution is -0.130. The Morgan fingerprint density at radius 3 is 2.35 bits per heavy atom. The second-order valence-electron chi connectivity index (χ2n) is 8.47. The van der Waals surface area contributed by atoms with E-state index in [2.05, 4.69) is 6.07 Å². The van der Waals surface area contributed by atoms with E-state index in [9.17, 15) is 14.9 Å². The van der Waals surface area contributed by atoms with Gasteiger partial charge in [0.15, 0.2) is 0 Å². The molecular weight excluding hydrogens is 330 g/mol. The van der Waals surface area contributed by atoms with Gasteiger partial charge in [-0.2, -0.15) is 5.26 Å². The summed E-state index contributed by atoms with van der Waals surface area (Å²) in [6.45, 7) is 9.33. The summed E-state index contributed by atoms with van der Waals surface area (Å²) < 4.78 is 5.53. The molecule has 0 N–H and O–H groups in total. The zero-order chi connectivity index (χ0) is 19.4. The lowest BCUT2D eigenvalue weighted by Gasteiger charge is -2.37. The van der Waals surface area contributed by atoms with Gasteiger partial charge < -0.3 is 14.5 Å². The van der Waals surface area contributed by atoms with Gasteiger partial charge in [0.1, 0.15) is 0 Å². The fourth-order valence-corrected chi connectivity index (χ4v) is 4.18. The van der Waals surface area contributed by atoms with Gasteiger partial charge in [0, 0.05) is 39.1 Å². The van der Waals surface area contributed by atoms with Crippen molar-refractivity contribution in [2.45, 2.75) is 77.4 Å². The van der Waals surface area contributed by atoms with Crippen molar-refractivity contribution in [1.82, 2.24) is 9.80 Å². The zero-order valence-electron chi connectivity index (χ0n) is 16.6. The van der Waals surface area contributed by atoms with E-state index in [-0.39, 0.29) is 17.9 Å². The van der Waals surface area contributed by atoms with Gasteiger partial charge in [-0.3, -0.25) is 9.59 Å². The monoisotopic (exact) mass is 362 g/mol. The smallest absolute Gasteiger partial charge is 0.222 e. The fraction of sp³-hybridized carbons (Fsp3) is 0.800. The molecule has 6 nitrogen and oxygen atoms in total. The van der Waals surface area contributed by atoms with Gasteiger partial charge in [0.25, 0.3) is 0 Å². The molecule has 0 bridgehead atoms. The van der Waals surface area contributed by atoms with Gasteiger partial charge in [0.2, 0.25) is 11.8 Å². The van der Waals surface area contributed by atoms with Crippen molar-refractivity contribution in [3.63, 3.8) is 0 Å². The Balaban J connectivity index is 2.10. The lowest BCUT2D eigenvalue weighted by Crippen LogP contribution is -2.42. The van der Waals surface area contributed by atoms with Crippen LogP contribution in [0.5, 0.6) is 0 Å². The number of hydrogen-bond acceptors (Lipinski definition) is 4. The molecule has 2 aliphatic rings. The molecule has 2 aliphatic heterocycles. The minimum Gasteiger partial charge on any atom is -0.379 e. The molecule has 0 aromatic carbocycles. The summed E-state index contributed by atoms with van der Waals surface area (Å²) in [5, 5.41) is 9.84. The molecule has 145 valence electrons. The third-order valence-electron chi connectivity index (χ3n) is 5.58. The molecule has 2 atom stereocenters. The Kier molecular flexibility index (Phi) is 6.68. The highest BCUT2D eigenvalue weighted by Gasteiger charge is 2.39. The maximum Gasteiger partial charge on any atom is 0.222 e. The number of carbonyl (C=O) groups is 2. The molecule has 2 unspecified atom stereocenters. The molecule has 6 heteroatoms. The highest BCUT2D eigenvalue weighted by molar-refractivity contribution is 5.79. The van der Waals surface area contributed by atoms with Crippen LogP contribution in [0, 0.1) is 23.3 Å². The summed E-state index contributed by atoms with van der Waals surface area (Å²) in [4.78, 5) is 27.9. The third-order valence-corrected chi connectivity index (χ3v) is 5.58. The molecule has 2 saturated heterocycles. The van der Waals surface area contributed by atoms with Gasteiger partial charge in [-0.05, 0) is 52.9 Å². The van der Waals surface area contributed by atoms with Gasteiger partial charge in [-0.25, -0.2) is 0 Å². The van der Waals surface area contributed by atoms with E-state index < -0.39 is 11.0 Å². The highest BCUT2D eigenvalue weighted by Crippen LogP contribution is 2.37. The molecule has 0 saturated carbocycles. The summed E-state index contributed by atoms with van der Waals surface area (Å²) in [7, 11) is 1.66. The molecule has 0 spiro atoms. The first-order valence-electron chi connectivity index (χ1n) is 9.58. The van der Waals surface area contributed by atoms with Crippen LogP contribution in [0.4, 0.5) is 0 Å². The number of likely N-dealkylation sites (tertiary alicyclic amines) is 2. The molecular formula is C20H32N3O3. The molecule has 0 aromatic rings. The van der Waals surface area contributed by atoms with Crippen LogP contribution in [0.2, 0.25) is 0 Å². The van der Waals surface area contributed by atoms with Gasteiger partial charge in [-0.15, -0.1) is 0 Å². The standard InChI is InChI=1S/C20H32N3O3/c1-19(2,26-4)14-20(3,15-21)13-16(23-11-6-8-18(23)25)9-12-22-10-5-7-17(22)24/h12,16H,5-11,13-14H2,1-4H3. The number of nitrogens with zero attached hydrogens (tertiary/aromatic N) is 3. The number of carbonyl (C=O) groups excluding carboxylic acids is 2. The summed E-state index contributed by atoms with van der Waals surface area (Å²) >= 11 is 0. The summed E-state index contributed by atoms with van der Waals surface area (Å²) in [6.07, 6.45) is 4.72. The Bertz CT molecular complexity index is 569. The maximum absolute atomic E-state index is 12.3. The van der Waals surface area contributed by atoms with Crippen LogP contribution in [0.3, 0.4) is 0 Å². The Hall–Kier alpha value is -1.61. The minimum atomic E-state index is -0.601. The fourth-order valence-electron chi connectivity index (χ4n) is 4.18. The lowest BCUT2D eigenvalue weighted by atomic mass is 9.75. The van der Waals surface area contributed by atoms with Crippen molar-refractivity contribution < 1.29 is 14.3 Å². The van der Waals surface area contributed by atoms with Crippen molar-refractivity contribution >= 4 is 11.8 Å². The number of ether oxygens (including phenoxy) is 1. The molecule has 2 rings (SSSR count). The summed E-state index contributed by atoms with van der Waals surface area (Å²) in [5.41, 5.74) is -1.01. The average Bonchev–Trinajstić information content (AvgIpc) is 3.19. The SMILES string of the molecule is COC(C)(C)CC(C)(C#N)CC(C[CH]N1CCCC1=O)N1CCCC1=O. The van der Waals surface area contributed by atoms with Gasteiger partial charge in [0.05, 0.1) is 23.6 Å². The first kappa shape index (κ1) is 20.7. The largest absolute Gasteiger partial charge is 0.379 e. The molecule has 26 heavy (non-hydrogen) atoms. The highest BCUT2D eigenvalue weighted by atomic mass is 16.5. The van der Waals surface area contributed by atoms with Crippen LogP contribution < -0.4 is 0 Å². The molecule has 2 heterocycles. The van der Waals surface area contributed by atoms with Crippen LogP contribution in [-0.4, -0.2) is 53.5 Å². The number of methoxy groups -OCH3 is 1. The first-order chi connectivity index (χ1) is 12.2. The molecule has 2 amide bonds. The number of rotatable bonds is 9. The number of hydrogen-bond donors (Lipinski definition) is 0. The Morgan fingerprint density at radius 1 is 1.19 bits per heavy atom. The topological polar surface area (TPSA) is 73.6 Å². The van der Waals surface area contributed by atoms with Crippen LogP contribution in [0.15, 0.2) is 0 Å². The van der Waals surface area contributed by atoms with Crippen molar-refractivity contribution in [3.05, 3.63) is 6.54 Å². The van der Waals surface area contributed by atoms with Crippen LogP contribution in [0.1, 0.15) is 65.7 Å². The first-order valence-corrected chi connectivity index (χ1v) is 9.58. The van der Waals surface area contributed by atoms with Crippen LogP contribution >= 0.6 is 0 Å². The Morgan fingerprint density at radius 2 is 1.85 bits per heavy atom. The van der Waals surface area contributed by atoms with E-state index in [4.69, 9.17) is 4.74 Å².